The molecule has 2 N–H and O–H groups in total. The van der Waals surface area contributed by atoms with Gasteiger partial charge in [-0.05, 0) is 46.1 Å². The smallest absolute Gasteiger partial charge is 0.306 e. The third-order valence-electron chi connectivity index (χ3n) is 1.39. The molecular weight excluding hydrogens is 260 g/mol. The molecule has 0 aromatic heterocycles. The van der Waals surface area contributed by atoms with Gasteiger partial charge in [-0.3, -0.25) is 4.79 Å². The molecule has 5 heteroatoms. The van der Waals surface area contributed by atoms with Crippen LogP contribution in [0.1, 0.15) is 67.7 Å². The second-order valence-corrected chi connectivity index (χ2v) is 5.15. The number of nitrogens with zero attached hydrogens (tertiary/aromatic N) is 1. The Morgan fingerprint density at radius 2 is 1.79 bits per heavy atom. The van der Waals surface area contributed by atoms with Crippen LogP contribution in [0.3, 0.4) is 0 Å². The van der Waals surface area contributed by atoms with Crippen LogP contribution >= 0.6 is 11.9 Å². The van der Waals surface area contributed by atoms with Crippen molar-refractivity contribution in [3.63, 3.8) is 0 Å². The summed E-state index contributed by atoms with van der Waals surface area (Å²) in [4.78, 5) is 11.0. The van der Waals surface area contributed by atoms with Gasteiger partial charge < -0.3 is 10.5 Å². The lowest BCUT2D eigenvalue weighted by atomic mass is 10.2. The Bertz CT molecular complexity index is 232. The summed E-state index contributed by atoms with van der Waals surface area (Å²) in [6, 6.07) is 0. The summed E-state index contributed by atoms with van der Waals surface area (Å²) in [6.45, 7) is 13.5. The second-order valence-electron chi connectivity index (χ2n) is 4.61. The first-order valence-electron chi connectivity index (χ1n) is 6.78. The first kappa shape index (κ1) is 23.4. The summed E-state index contributed by atoms with van der Waals surface area (Å²) in [6.07, 6.45) is 4.39. The maximum Gasteiger partial charge on any atom is 0.306 e. The number of carbonyl (C=O) groups excluding carboxylic acids is 1. The molecule has 4 nitrogen and oxygen atoms in total. The van der Waals surface area contributed by atoms with Crippen LogP contribution < -0.4 is 5.73 Å². The zero-order valence-electron chi connectivity index (χ0n) is 13.9. The molecule has 0 aliphatic rings. The molecule has 116 valence electrons. The number of amidine groups is 1. The molecule has 0 spiro atoms. The molecule has 0 bridgehead atoms. The van der Waals surface area contributed by atoms with Gasteiger partial charge in [0.05, 0.1) is 0 Å². The van der Waals surface area contributed by atoms with E-state index in [1.807, 2.05) is 40.9 Å². The monoisotopic (exact) mass is 292 g/mol. The Hall–Kier alpha value is -0.710. The number of carbonyl (C=O) groups is 1. The van der Waals surface area contributed by atoms with Gasteiger partial charge in [0.1, 0.15) is 11.4 Å². The lowest BCUT2D eigenvalue weighted by Gasteiger charge is -2.19. The number of ether oxygens (including phenoxy) is 1. The van der Waals surface area contributed by atoms with E-state index in [2.05, 4.69) is 11.3 Å². The first-order chi connectivity index (χ1) is 8.72. The van der Waals surface area contributed by atoms with Gasteiger partial charge >= 0.3 is 5.97 Å². The van der Waals surface area contributed by atoms with E-state index in [0.29, 0.717) is 12.3 Å². The quantitative estimate of drug-likeness (QED) is 0.365. The van der Waals surface area contributed by atoms with Crippen LogP contribution in [0.25, 0.3) is 0 Å². The Balaban J connectivity index is -0.000000271. The predicted molar refractivity (Wildman–Crippen MR) is 87.5 cm³/mol. The molecule has 0 heterocycles. The molecule has 0 aliphatic heterocycles. The van der Waals surface area contributed by atoms with E-state index in [0.717, 1.165) is 12.8 Å². The Morgan fingerprint density at radius 3 is 2.00 bits per heavy atom. The summed E-state index contributed by atoms with van der Waals surface area (Å²) in [5.41, 5.74) is 4.80. The fraction of sp³-hybridized carbons (Fsp3) is 0.857. The van der Waals surface area contributed by atoms with E-state index in [1.54, 1.807) is 6.92 Å². The van der Waals surface area contributed by atoms with Gasteiger partial charge in [-0.2, -0.15) is 0 Å². The number of hydrogen-bond acceptors (Lipinski definition) is 4. The summed E-state index contributed by atoms with van der Waals surface area (Å²) in [5.74, 6) is 0.543. The van der Waals surface area contributed by atoms with Crippen LogP contribution in [0.5, 0.6) is 0 Å². The summed E-state index contributed by atoms with van der Waals surface area (Å²) < 4.78 is 8.84. The third-order valence-corrected chi connectivity index (χ3v) is 1.86. The zero-order valence-corrected chi connectivity index (χ0v) is 14.7. The number of esters is 1. The van der Waals surface area contributed by atoms with Crippen molar-refractivity contribution in [3.05, 3.63) is 0 Å². The normalized spacial score (nSPS) is 10.6. The molecule has 0 rings (SSSR count). The molecule has 0 unspecified atom stereocenters. The van der Waals surface area contributed by atoms with Gasteiger partial charge in [-0.1, -0.05) is 27.2 Å². The van der Waals surface area contributed by atoms with E-state index < -0.39 is 0 Å². The second kappa shape index (κ2) is 15.3. The van der Waals surface area contributed by atoms with Gasteiger partial charge in [0.2, 0.25) is 0 Å². The summed E-state index contributed by atoms with van der Waals surface area (Å²) >= 11 is 1.37. The van der Waals surface area contributed by atoms with Crippen molar-refractivity contribution in [1.82, 2.24) is 0 Å². The lowest BCUT2D eigenvalue weighted by Crippen LogP contribution is -2.23. The SMILES string of the molecule is CC.CCCCC(=O)OC(C)(C)C.CS/N=C(/C)N. The van der Waals surface area contributed by atoms with E-state index in [4.69, 9.17) is 10.5 Å². The number of unbranched alkanes of at least 4 members (excludes halogenated alkanes) is 1. The summed E-state index contributed by atoms with van der Waals surface area (Å²) in [7, 11) is 0. The van der Waals surface area contributed by atoms with Crippen molar-refractivity contribution in [1.29, 1.82) is 0 Å². The molecule has 0 aliphatic carbocycles. The van der Waals surface area contributed by atoms with E-state index in [-0.39, 0.29) is 11.6 Å². The van der Waals surface area contributed by atoms with Crippen molar-refractivity contribution >= 4 is 23.8 Å². The number of hydrogen-bond donors (Lipinski definition) is 1. The van der Waals surface area contributed by atoms with Crippen LogP contribution in [-0.4, -0.2) is 23.7 Å². The van der Waals surface area contributed by atoms with Gasteiger partial charge in [-0.15, -0.1) is 0 Å². The average molecular weight is 292 g/mol. The molecule has 0 saturated carbocycles. The standard InChI is InChI=1S/C9H18O2.C3H8N2S.C2H6/c1-5-6-7-8(10)11-9(2,3)4;1-3(4)5-6-2;1-2/h5-7H2,1-4H3;1-2H3,(H2,4,5);1-2H3. The average Bonchev–Trinajstić information content (AvgIpc) is 2.27. The van der Waals surface area contributed by atoms with E-state index in [9.17, 15) is 4.79 Å². The summed E-state index contributed by atoms with van der Waals surface area (Å²) in [5, 5.41) is 0. The van der Waals surface area contributed by atoms with Crippen LogP contribution in [0.4, 0.5) is 0 Å². The van der Waals surface area contributed by atoms with Crippen molar-refractivity contribution in [3.8, 4) is 0 Å². The molecule has 0 atom stereocenters. The molecule has 0 fully saturated rings. The maximum absolute atomic E-state index is 11.0. The van der Waals surface area contributed by atoms with Crippen LogP contribution in [-0.2, 0) is 9.53 Å². The lowest BCUT2D eigenvalue weighted by molar-refractivity contribution is -0.154. The Kier molecular flexibility index (Phi) is 18.9. The molecule has 0 saturated heterocycles. The van der Waals surface area contributed by atoms with Crippen molar-refractivity contribution in [2.24, 2.45) is 10.1 Å². The van der Waals surface area contributed by atoms with Crippen molar-refractivity contribution < 1.29 is 9.53 Å². The van der Waals surface area contributed by atoms with Crippen LogP contribution in [0.15, 0.2) is 4.40 Å². The minimum Gasteiger partial charge on any atom is -0.460 e. The molecule has 19 heavy (non-hydrogen) atoms. The maximum atomic E-state index is 11.0. The van der Waals surface area contributed by atoms with Gasteiger partial charge in [0.15, 0.2) is 0 Å². The highest BCUT2D eigenvalue weighted by Crippen LogP contribution is 2.09. The molecule has 0 amide bonds. The zero-order chi connectivity index (χ0) is 15.9. The van der Waals surface area contributed by atoms with Gasteiger partial charge in [-0.25, -0.2) is 4.40 Å². The molecule has 0 aromatic rings. The van der Waals surface area contributed by atoms with Gasteiger partial charge in [0, 0.05) is 12.7 Å². The molecular formula is C14H32N2O2S. The minimum atomic E-state index is -0.329. The number of nitrogens with two attached hydrogens (primary N) is 1. The fourth-order valence-corrected chi connectivity index (χ4v) is 1.15. The third kappa shape index (κ3) is 31.7. The largest absolute Gasteiger partial charge is 0.460 e. The first-order valence-corrected chi connectivity index (χ1v) is 7.96. The molecule has 0 aromatic carbocycles. The topological polar surface area (TPSA) is 64.7 Å². The molecule has 0 radical (unpaired) electrons. The van der Waals surface area contributed by atoms with Crippen molar-refractivity contribution in [2.45, 2.75) is 73.3 Å². The Labute approximate surface area is 123 Å². The van der Waals surface area contributed by atoms with Crippen LogP contribution in [0.2, 0.25) is 0 Å². The highest BCUT2D eigenvalue weighted by atomic mass is 32.2. The highest BCUT2D eigenvalue weighted by Gasteiger charge is 2.14. The van der Waals surface area contributed by atoms with Gasteiger partial charge in [0.25, 0.3) is 0 Å². The predicted octanol–water partition coefficient (Wildman–Crippen LogP) is 4.19. The Morgan fingerprint density at radius 1 is 1.32 bits per heavy atom. The fourth-order valence-electron chi connectivity index (χ4n) is 0.858. The van der Waals surface area contributed by atoms with E-state index >= 15 is 0 Å². The van der Waals surface area contributed by atoms with Crippen LogP contribution in [0, 0.1) is 0 Å². The van der Waals surface area contributed by atoms with Crippen molar-refractivity contribution in [2.75, 3.05) is 6.26 Å². The minimum absolute atomic E-state index is 0.0839. The number of rotatable bonds is 4. The van der Waals surface area contributed by atoms with E-state index in [1.165, 1.54) is 11.9 Å². The highest BCUT2D eigenvalue weighted by molar-refractivity contribution is 7.97.